The molecule has 1 aromatic carbocycles. The summed E-state index contributed by atoms with van der Waals surface area (Å²) >= 11 is 0. The van der Waals surface area contributed by atoms with Crippen LogP contribution in [0.15, 0.2) is 36.4 Å². The van der Waals surface area contributed by atoms with Gasteiger partial charge in [-0.3, -0.25) is 25.0 Å². The van der Waals surface area contributed by atoms with E-state index in [0.29, 0.717) is 12.8 Å². The molecule has 4 atom stereocenters. The van der Waals surface area contributed by atoms with Gasteiger partial charge < -0.3 is 5.11 Å². The molecular formula is C19H22N2O4. The number of amides is 2. The van der Waals surface area contributed by atoms with Crippen molar-refractivity contribution >= 4 is 23.9 Å². The van der Waals surface area contributed by atoms with Crippen LogP contribution in [0.5, 0.6) is 0 Å². The Hall–Kier alpha value is -2.47. The predicted molar refractivity (Wildman–Crippen MR) is 92.4 cm³/mol. The molecule has 2 aliphatic rings. The molecule has 3 N–H and O–H groups in total. The number of fused-ring (bicyclic) bond motifs is 1. The van der Waals surface area contributed by atoms with Crippen LogP contribution in [-0.2, 0) is 14.4 Å². The molecule has 0 aliphatic carbocycles. The van der Waals surface area contributed by atoms with Gasteiger partial charge in [-0.05, 0) is 12.0 Å². The maximum absolute atomic E-state index is 12.3. The normalized spacial score (nSPS) is 31.3. The maximum Gasteiger partial charge on any atom is 0.324 e. The van der Waals surface area contributed by atoms with Gasteiger partial charge in [-0.1, -0.05) is 62.2 Å². The number of unbranched alkanes of at least 4 members (excludes halogenated alkanes) is 1. The van der Waals surface area contributed by atoms with Gasteiger partial charge in [-0.2, -0.15) is 0 Å². The van der Waals surface area contributed by atoms with E-state index in [-0.39, 0.29) is 0 Å². The molecule has 25 heavy (non-hydrogen) atoms. The van der Waals surface area contributed by atoms with E-state index in [1.54, 1.807) is 6.08 Å². The van der Waals surface area contributed by atoms with Gasteiger partial charge in [0, 0.05) is 6.04 Å². The van der Waals surface area contributed by atoms with Crippen LogP contribution < -0.4 is 10.6 Å². The van der Waals surface area contributed by atoms with Crippen molar-refractivity contribution in [3.63, 3.8) is 0 Å². The molecule has 1 aromatic rings. The highest BCUT2D eigenvalue weighted by Gasteiger charge is 2.65. The molecule has 0 spiro atoms. The highest BCUT2D eigenvalue weighted by Crippen LogP contribution is 2.43. The first-order valence-electron chi connectivity index (χ1n) is 8.58. The standard InChI is InChI=1S/C19H22N2O4/c1-2-3-11-19(18(24)25)15-14(16(22)20-17(15)23)13(21-19)10-9-12-7-5-4-6-8-12/h4-10,13-15,21H,2-3,11H2,1H3,(H,24,25)(H,20,22,23). The number of hydrogen-bond acceptors (Lipinski definition) is 4. The molecule has 0 radical (unpaired) electrons. The Balaban J connectivity index is 1.95. The fraction of sp³-hybridized carbons (Fsp3) is 0.421. The third-order valence-electron chi connectivity index (χ3n) is 5.13. The summed E-state index contributed by atoms with van der Waals surface area (Å²) in [6.45, 7) is 1.97. The molecular weight excluding hydrogens is 320 g/mol. The van der Waals surface area contributed by atoms with E-state index in [1.807, 2.05) is 43.3 Å². The number of carboxylic acids is 1. The van der Waals surface area contributed by atoms with E-state index in [0.717, 1.165) is 12.0 Å². The third kappa shape index (κ3) is 2.98. The van der Waals surface area contributed by atoms with Crippen LogP contribution in [0.3, 0.4) is 0 Å². The van der Waals surface area contributed by atoms with Crippen molar-refractivity contribution in [2.24, 2.45) is 11.8 Å². The summed E-state index contributed by atoms with van der Waals surface area (Å²) in [7, 11) is 0. The number of carbonyl (C=O) groups excluding carboxylic acids is 2. The number of hydrogen-bond donors (Lipinski definition) is 3. The van der Waals surface area contributed by atoms with Crippen molar-refractivity contribution in [3.8, 4) is 0 Å². The Bertz CT molecular complexity index is 715. The number of benzene rings is 1. The van der Waals surface area contributed by atoms with E-state index in [4.69, 9.17) is 0 Å². The number of nitrogens with one attached hydrogen (secondary N) is 2. The number of imide groups is 1. The second-order valence-corrected chi connectivity index (χ2v) is 6.68. The number of aliphatic carboxylic acids is 1. The summed E-state index contributed by atoms with van der Waals surface area (Å²) in [5, 5.41) is 15.3. The lowest BCUT2D eigenvalue weighted by atomic mass is 9.77. The SMILES string of the molecule is CCCCC1(C(=O)O)NC(C=Cc2ccccc2)C2C(=O)NC(=O)C21. The minimum atomic E-state index is -1.40. The van der Waals surface area contributed by atoms with Gasteiger partial charge in [-0.25, -0.2) is 0 Å². The Labute approximate surface area is 146 Å². The first-order chi connectivity index (χ1) is 12.0. The van der Waals surface area contributed by atoms with Gasteiger partial charge in [-0.15, -0.1) is 0 Å². The van der Waals surface area contributed by atoms with Gasteiger partial charge in [0.05, 0.1) is 11.8 Å². The molecule has 6 heteroatoms. The van der Waals surface area contributed by atoms with Crippen LogP contribution in [0, 0.1) is 11.8 Å². The van der Waals surface area contributed by atoms with Gasteiger partial charge in [0.25, 0.3) is 0 Å². The van der Waals surface area contributed by atoms with Crippen LogP contribution in [0.25, 0.3) is 6.08 Å². The van der Waals surface area contributed by atoms with Gasteiger partial charge in [0.15, 0.2) is 0 Å². The molecule has 2 aliphatic heterocycles. The summed E-state index contributed by atoms with van der Waals surface area (Å²) in [4.78, 5) is 36.6. The van der Waals surface area contributed by atoms with Crippen molar-refractivity contribution < 1.29 is 19.5 Å². The Kier molecular flexibility index (Phi) is 4.72. The van der Waals surface area contributed by atoms with Crippen LogP contribution in [0.1, 0.15) is 31.7 Å². The average molecular weight is 342 g/mol. The van der Waals surface area contributed by atoms with E-state index in [1.165, 1.54) is 0 Å². The van der Waals surface area contributed by atoms with Gasteiger partial charge in [0.1, 0.15) is 5.54 Å². The van der Waals surface area contributed by atoms with Crippen LogP contribution in [-0.4, -0.2) is 34.5 Å². The summed E-state index contributed by atoms with van der Waals surface area (Å²) in [5.41, 5.74) is -0.449. The smallest absolute Gasteiger partial charge is 0.324 e. The predicted octanol–water partition coefficient (Wildman–Crippen LogP) is 1.57. The summed E-state index contributed by atoms with van der Waals surface area (Å²) in [6.07, 6.45) is 5.44. The molecule has 0 aromatic heterocycles. The number of rotatable bonds is 6. The monoisotopic (exact) mass is 342 g/mol. The molecule has 2 heterocycles. The zero-order chi connectivity index (χ0) is 18.0. The molecule has 2 amide bonds. The largest absolute Gasteiger partial charge is 0.480 e. The average Bonchev–Trinajstić information content (AvgIpc) is 3.09. The van der Waals surface area contributed by atoms with Crippen LogP contribution >= 0.6 is 0 Å². The fourth-order valence-electron chi connectivity index (χ4n) is 3.91. The van der Waals surface area contributed by atoms with Crippen LogP contribution in [0.4, 0.5) is 0 Å². The molecule has 3 rings (SSSR count). The molecule has 0 bridgehead atoms. The lowest BCUT2D eigenvalue weighted by molar-refractivity contribution is -0.149. The van der Waals surface area contributed by atoms with Gasteiger partial charge in [0.2, 0.25) is 11.8 Å². The topological polar surface area (TPSA) is 95.5 Å². The lowest BCUT2D eigenvalue weighted by Crippen LogP contribution is -2.56. The molecule has 2 saturated heterocycles. The third-order valence-corrected chi connectivity index (χ3v) is 5.13. The van der Waals surface area contributed by atoms with E-state index < -0.39 is 41.2 Å². The maximum atomic E-state index is 12.3. The highest BCUT2D eigenvalue weighted by atomic mass is 16.4. The minimum absolute atomic E-state index is 0.316. The number of carboxylic acid groups (broad SMARTS) is 1. The van der Waals surface area contributed by atoms with Crippen molar-refractivity contribution in [2.45, 2.75) is 37.8 Å². The Morgan fingerprint density at radius 1 is 1.24 bits per heavy atom. The molecule has 4 unspecified atom stereocenters. The molecule has 2 fully saturated rings. The Morgan fingerprint density at radius 2 is 1.96 bits per heavy atom. The summed E-state index contributed by atoms with van der Waals surface area (Å²) < 4.78 is 0. The first kappa shape index (κ1) is 17.4. The zero-order valence-corrected chi connectivity index (χ0v) is 14.1. The van der Waals surface area contributed by atoms with E-state index in [2.05, 4.69) is 10.6 Å². The summed E-state index contributed by atoms with van der Waals surface area (Å²) in [6, 6.07) is 9.06. The van der Waals surface area contributed by atoms with Crippen molar-refractivity contribution in [1.82, 2.24) is 10.6 Å². The minimum Gasteiger partial charge on any atom is -0.480 e. The van der Waals surface area contributed by atoms with Crippen molar-refractivity contribution in [1.29, 1.82) is 0 Å². The van der Waals surface area contributed by atoms with Crippen LogP contribution in [0.2, 0.25) is 0 Å². The van der Waals surface area contributed by atoms with Crippen molar-refractivity contribution in [3.05, 3.63) is 42.0 Å². The second kappa shape index (κ2) is 6.80. The second-order valence-electron chi connectivity index (χ2n) is 6.68. The fourth-order valence-corrected chi connectivity index (χ4v) is 3.91. The molecule has 132 valence electrons. The zero-order valence-electron chi connectivity index (χ0n) is 14.1. The quantitative estimate of drug-likeness (QED) is 0.682. The van der Waals surface area contributed by atoms with Gasteiger partial charge >= 0.3 is 5.97 Å². The molecule has 6 nitrogen and oxygen atoms in total. The highest BCUT2D eigenvalue weighted by molar-refractivity contribution is 6.09. The summed E-state index contributed by atoms with van der Waals surface area (Å²) in [5.74, 6) is -3.53. The van der Waals surface area contributed by atoms with E-state index >= 15 is 0 Å². The first-order valence-corrected chi connectivity index (χ1v) is 8.58. The van der Waals surface area contributed by atoms with Crippen molar-refractivity contribution in [2.75, 3.05) is 0 Å². The van der Waals surface area contributed by atoms with E-state index in [9.17, 15) is 19.5 Å². The molecule has 0 saturated carbocycles. The lowest BCUT2D eigenvalue weighted by Gasteiger charge is -2.29. The Morgan fingerprint density at radius 3 is 2.60 bits per heavy atom. The number of carbonyl (C=O) groups is 3.